The van der Waals surface area contributed by atoms with Gasteiger partial charge in [0.2, 0.25) is 5.91 Å². The SMILES string of the molecule is NC(=NO)C1(NC(=O)C2C3CCCCC32)CCCCCC1. The first-order chi connectivity index (χ1) is 10.2. The minimum absolute atomic E-state index is 0.139. The highest BCUT2D eigenvalue weighted by atomic mass is 16.4. The molecular weight excluding hydrogens is 266 g/mol. The third-order valence-electron chi connectivity index (χ3n) is 5.88. The zero-order valence-corrected chi connectivity index (χ0v) is 12.7. The zero-order valence-electron chi connectivity index (χ0n) is 12.7. The Balaban J connectivity index is 1.71. The minimum atomic E-state index is -0.617. The van der Waals surface area contributed by atoms with Crippen LogP contribution in [0.4, 0.5) is 0 Å². The number of nitrogens with one attached hydrogen (secondary N) is 1. The molecule has 21 heavy (non-hydrogen) atoms. The van der Waals surface area contributed by atoms with Crippen LogP contribution in [0.1, 0.15) is 64.2 Å². The lowest BCUT2D eigenvalue weighted by atomic mass is 9.88. The maximum atomic E-state index is 12.7. The molecule has 2 unspecified atom stereocenters. The third kappa shape index (κ3) is 2.74. The Hall–Kier alpha value is -1.26. The molecule has 0 aromatic heterocycles. The number of oxime groups is 1. The summed E-state index contributed by atoms with van der Waals surface area (Å²) >= 11 is 0. The molecule has 3 fully saturated rings. The van der Waals surface area contributed by atoms with E-state index in [9.17, 15) is 4.79 Å². The fourth-order valence-corrected chi connectivity index (χ4v) is 4.57. The predicted octanol–water partition coefficient (Wildman–Crippen LogP) is 2.38. The van der Waals surface area contributed by atoms with Crippen LogP contribution in [-0.4, -0.2) is 22.5 Å². The highest BCUT2D eigenvalue weighted by Gasteiger charge is 2.56. The topological polar surface area (TPSA) is 87.7 Å². The fourth-order valence-electron chi connectivity index (χ4n) is 4.57. The maximum absolute atomic E-state index is 12.7. The van der Waals surface area contributed by atoms with E-state index in [1.54, 1.807) is 0 Å². The summed E-state index contributed by atoms with van der Waals surface area (Å²) in [4.78, 5) is 12.7. The van der Waals surface area contributed by atoms with Gasteiger partial charge in [0.05, 0.1) is 0 Å². The molecule has 0 aromatic carbocycles. The summed E-state index contributed by atoms with van der Waals surface area (Å²) in [6.07, 6.45) is 10.8. The number of rotatable bonds is 3. The minimum Gasteiger partial charge on any atom is -0.409 e. The van der Waals surface area contributed by atoms with Gasteiger partial charge in [-0.05, 0) is 37.5 Å². The van der Waals surface area contributed by atoms with E-state index in [0.29, 0.717) is 11.8 Å². The molecule has 1 amide bonds. The Morgan fingerprint density at radius 3 is 2.14 bits per heavy atom. The van der Waals surface area contributed by atoms with Crippen LogP contribution in [0.5, 0.6) is 0 Å². The Bertz CT molecular complexity index is 415. The molecule has 118 valence electrons. The molecule has 3 saturated carbocycles. The number of amidine groups is 1. The quantitative estimate of drug-likeness (QED) is 0.245. The summed E-state index contributed by atoms with van der Waals surface area (Å²) in [5.41, 5.74) is 5.34. The first-order valence-corrected chi connectivity index (χ1v) is 8.48. The van der Waals surface area contributed by atoms with Crippen molar-refractivity contribution in [2.24, 2.45) is 28.6 Å². The van der Waals surface area contributed by atoms with Crippen LogP contribution < -0.4 is 11.1 Å². The molecule has 4 N–H and O–H groups in total. The van der Waals surface area contributed by atoms with Crippen molar-refractivity contribution in [3.8, 4) is 0 Å². The second-order valence-electron chi connectivity index (χ2n) is 7.11. The van der Waals surface area contributed by atoms with E-state index >= 15 is 0 Å². The van der Waals surface area contributed by atoms with Gasteiger partial charge in [-0.1, -0.05) is 43.7 Å². The smallest absolute Gasteiger partial charge is 0.224 e. The summed E-state index contributed by atoms with van der Waals surface area (Å²) in [5.74, 6) is 1.68. The molecule has 0 bridgehead atoms. The second-order valence-corrected chi connectivity index (χ2v) is 7.11. The molecule has 0 heterocycles. The monoisotopic (exact) mass is 293 g/mol. The van der Waals surface area contributed by atoms with Crippen LogP contribution in [0, 0.1) is 17.8 Å². The lowest BCUT2D eigenvalue weighted by Gasteiger charge is -2.32. The fraction of sp³-hybridized carbons (Fsp3) is 0.875. The van der Waals surface area contributed by atoms with Gasteiger partial charge in [0.25, 0.3) is 0 Å². The molecule has 0 aliphatic heterocycles. The van der Waals surface area contributed by atoms with Gasteiger partial charge in [0.1, 0.15) is 5.54 Å². The second kappa shape index (κ2) is 5.85. The van der Waals surface area contributed by atoms with Gasteiger partial charge in [-0.3, -0.25) is 4.79 Å². The number of nitrogens with zero attached hydrogens (tertiary/aromatic N) is 1. The average molecular weight is 293 g/mol. The van der Waals surface area contributed by atoms with Gasteiger partial charge >= 0.3 is 0 Å². The van der Waals surface area contributed by atoms with E-state index in [-0.39, 0.29) is 17.7 Å². The molecule has 0 spiro atoms. The van der Waals surface area contributed by atoms with Crippen molar-refractivity contribution in [3.63, 3.8) is 0 Å². The summed E-state index contributed by atoms with van der Waals surface area (Å²) < 4.78 is 0. The highest BCUT2D eigenvalue weighted by Crippen LogP contribution is 2.55. The van der Waals surface area contributed by atoms with Crippen LogP contribution >= 0.6 is 0 Å². The largest absolute Gasteiger partial charge is 0.409 e. The highest BCUT2D eigenvalue weighted by molar-refractivity contribution is 5.95. The standard InChI is InChI=1S/C16H27N3O2/c17-15(19-21)16(9-5-1-2-6-10-16)18-14(20)13-11-7-3-4-8-12(11)13/h11-13,21H,1-10H2,(H2,17,19)(H,18,20). The molecule has 0 aromatic rings. The van der Waals surface area contributed by atoms with Crippen LogP contribution in [-0.2, 0) is 4.79 Å². The molecule has 3 aliphatic carbocycles. The van der Waals surface area contributed by atoms with E-state index in [2.05, 4.69) is 10.5 Å². The molecule has 5 nitrogen and oxygen atoms in total. The Kier molecular flexibility index (Phi) is 4.09. The number of fused-ring (bicyclic) bond motifs is 1. The van der Waals surface area contributed by atoms with Crippen molar-refractivity contribution in [3.05, 3.63) is 0 Å². The lowest BCUT2D eigenvalue weighted by Crippen LogP contribution is -2.57. The van der Waals surface area contributed by atoms with Crippen molar-refractivity contribution in [2.45, 2.75) is 69.7 Å². The molecule has 0 saturated heterocycles. The van der Waals surface area contributed by atoms with Crippen LogP contribution in [0.15, 0.2) is 5.16 Å². The number of amides is 1. The summed E-state index contributed by atoms with van der Waals surface area (Å²) in [6.45, 7) is 0. The number of hydrogen-bond acceptors (Lipinski definition) is 3. The van der Waals surface area contributed by atoms with E-state index < -0.39 is 5.54 Å². The first-order valence-electron chi connectivity index (χ1n) is 8.48. The number of carbonyl (C=O) groups is 1. The van der Waals surface area contributed by atoms with E-state index in [1.807, 2.05) is 0 Å². The Labute approximate surface area is 126 Å². The Morgan fingerprint density at radius 2 is 1.62 bits per heavy atom. The molecule has 3 aliphatic rings. The first kappa shape index (κ1) is 14.7. The Morgan fingerprint density at radius 1 is 1.05 bits per heavy atom. The van der Waals surface area contributed by atoms with Gasteiger partial charge in [-0.15, -0.1) is 0 Å². The normalized spacial score (nSPS) is 35.4. The van der Waals surface area contributed by atoms with E-state index in [0.717, 1.165) is 38.5 Å². The molecule has 2 atom stereocenters. The number of nitrogens with two attached hydrogens (primary N) is 1. The number of hydrogen-bond donors (Lipinski definition) is 3. The van der Waals surface area contributed by atoms with Gasteiger partial charge in [-0.25, -0.2) is 0 Å². The van der Waals surface area contributed by atoms with Gasteiger partial charge in [0.15, 0.2) is 5.84 Å². The van der Waals surface area contributed by atoms with Crippen molar-refractivity contribution >= 4 is 11.7 Å². The third-order valence-corrected chi connectivity index (χ3v) is 5.88. The predicted molar refractivity (Wildman–Crippen MR) is 80.9 cm³/mol. The number of carbonyl (C=O) groups excluding carboxylic acids is 1. The average Bonchev–Trinajstić information content (AvgIpc) is 3.26. The van der Waals surface area contributed by atoms with Crippen molar-refractivity contribution < 1.29 is 10.0 Å². The summed E-state index contributed by atoms with van der Waals surface area (Å²) in [7, 11) is 0. The van der Waals surface area contributed by atoms with Gasteiger partial charge in [0, 0.05) is 5.92 Å². The lowest BCUT2D eigenvalue weighted by molar-refractivity contribution is -0.124. The van der Waals surface area contributed by atoms with Crippen LogP contribution in [0.2, 0.25) is 0 Å². The zero-order chi connectivity index (χ0) is 14.9. The summed E-state index contributed by atoms with van der Waals surface area (Å²) in [5, 5.41) is 15.5. The van der Waals surface area contributed by atoms with Crippen molar-refractivity contribution in [2.75, 3.05) is 0 Å². The van der Waals surface area contributed by atoms with Gasteiger partial charge < -0.3 is 16.3 Å². The molecular formula is C16H27N3O2. The maximum Gasteiger partial charge on any atom is 0.224 e. The van der Waals surface area contributed by atoms with Crippen molar-refractivity contribution in [1.29, 1.82) is 0 Å². The van der Waals surface area contributed by atoms with E-state index in [4.69, 9.17) is 10.9 Å². The molecule has 5 heteroatoms. The van der Waals surface area contributed by atoms with E-state index in [1.165, 1.54) is 25.7 Å². The molecule has 0 radical (unpaired) electrons. The summed E-state index contributed by atoms with van der Waals surface area (Å²) in [6, 6.07) is 0. The van der Waals surface area contributed by atoms with Crippen LogP contribution in [0.25, 0.3) is 0 Å². The van der Waals surface area contributed by atoms with Crippen LogP contribution in [0.3, 0.4) is 0 Å². The molecule has 3 rings (SSSR count). The van der Waals surface area contributed by atoms with Crippen molar-refractivity contribution in [1.82, 2.24) is 5.32 Å². The van der Waals surface area contributed by atoms with Gasteiger partial charge in [-0.2, -0.15) is 0 Å².